The molecule has 1 aromatic rings. The van der Waals surface area contributed by atoms with Crippen molar-refractivity contribution in [2.75, 3.05) is 20.8 Å². The molecule has 0 saturated heterocycles. The van der Waals surface area contributed by atoms with Gasteiger partial charge in [0.15, 0.2) is 0 Å². The first-order valence-corrected chi connectivity index (χ1v) is 7.19. The van der Waals surface area contributed by atoms with Gasteiger partial charge in [0.2, 0.25) is 0 Å². The highest BCUT2D eigenvalue weighted by Gasteiger charge is 2.22. The van der Waals surface area contributed by atoms with Crippen LogP contribution in [0.4, 0.5) is 0 Å². The van der Waals surface area contributed by atoms with Crippen LogP contribution < -0.4 is 5.32 Å². The topological polar surface area (TPSA) is 41.5 Å². The van der Waals surface area contributed by atoms with Crippen molar-refractivity contribution in [3.8, 4) is 0 Å². The third-order valence-electron chi connectivity index (χ3n) is 4.35. The molecule has 1 unspecified atom stereocenters. The lowest BCUT2D eigenvalue weighted by Gasteiger charge is -2.28. The number of likely N-dealkylation sites (N-methyl/N-ethyl adjacent to an activating group) is 1. The van der Waals surface area contributed by atoms with Crippen LogP contribution in [0.1, 0.15) is 48.8 Å². The number of nitrogens with one attached hydrogen (secondary N) is 1. The van der Waals surface area contributed by atoms with Crippen molar-refractivity contribution in [1.82, 2.24) is 5.32 Å². The molecule has 0 aliphatic heterocycles. The van der Waals surface area contributed by atoms with E-state index in [2.05, 4.69) is 29.6 Å². The Morgan fingerprint density at radius 2 is 1.84 bits per heavy atom. The molecule has 1 aromatic carbocycles. The monoisotopic (exact) mass is 263 g/mol. The lowest BCUT2D eigenvalue weighted by atomic mass is 9.82. The Hall–Kier alpha value is -0.900. The molecule has 1 atom stereocenters. The lowest BCUT2D eigenvalue weighted by molar-refractivity contribution is 0.0658. The number of rotatable bonds is 5. The van der Waals surface area contributed by atoms with Crippen LogP contribution in [-0.2, 0) is 4.74 Å². The van der Waals surface area contributed by atoms with Crippen molar-refractivity contribution >= 4 is 0 Å². The molecule has 2 rings (SSSR count). The maximum atomic E-state index is 9.28. The molecule has 1 aliphatic rings. The average Bonchev–Trinajstić information content (AvgIpc) is 2.49. The molecule has 3 nitrogen and oxygen atoms in total. The smallest absolute Gasteiger partial charge is 0.0626 e. The number of methoxy groups -OCH3 is 1. The van der Waals surface area contributed by atoms with Crippen LogP contribution >= 0.6 is 0 Å². The second-order valence-corrected chi connectivity index (χ2v) is 5.40. The predicted octanol–water partition coefficient (Wildman–Crippen LogP) is 2.61. The zero-order valence-corrected chi connectivity index (χ0v) is 11.9. The number of hydrogen-bond acceptors (Lipinski definition) is 3. The average molecular weight is 263 g/mol. The molecule has 0 radical (unpaired) electrons. The summed E-state index contributed by atoms with van der Waals surface area (Å²) in [5.74, 6) is 0.669. The lowest BCUT2D eigenvalue weighted by Crippen LogP contribution is -2.20. The Morgan fingerprint density at radius 1 is 1.21 bits per heavy atom. The molecule has 0 spiro atoms. The van der Waals surface area contributed by atoms with Crippen molar-refractivity contribution < 1.29 is 9.84 Å². The van der Waals surface area contributed by atoms with Gasteiger partial charge in [0.25, 0.3) is 0 Å². The molecule has 1 fully saturated rings. The Balaban J connectivity index is 1.99. The van der Waals surface area contributed by atoms with Crippen LogP contribution in [0.2, 0.25) is 0 Å². The first-order valence-electron chi connectivity index (χ1n) is 7.19. The summed E-state index contributed by atoms with van der Waals surface area (Å²) in [4.78, 5) is 0. The minimum Gasteiger partial charge on any atom is -0.394 e. The van der Waals surface area contributed by atoms with Gasteiger partial charge in [-0.2, -0.15) is 0 Å². The molecular weight excluding hydrogens is 238 g/mol. The van der Waals surface area contributed by atoms with E-state index < -0.39 is 0 Å². The fourth-order valence-corrected chi connectivity index (χ4v) is 3.00. The summed E-state index contributed by atoms with van der Waals surface area (Å²) in [6.45, 7) is 0.134. The van der Waals surface area contributed by atoms with Crippen LogP contribution in [0.15, 0.2) is 24.3 Å². The minimum absolute atomic E-state index is 0.0401. The molecule has 0 bridgehead atoms. The first-order chi connectivity index (χ1) is 9.28. The van der Waals surface area contributed by atoms with Crippen LogP contribution in [0.25, 0.3) is 0 Å². The van der Waals surface area contributed by atoms with Gasteiger partial charge in [-0.3, -0.25) is 0 Å². The summed E-state index contributed by atoms with van der Waals surface area (Å²) < 4.78 is 5.42. The summed E-state index contributed by atoms with van der Waals surface area (Å²) in [6.07, 6.45) is 5.22. The van der Waals surface area contributed by atoms with Crippen LogP contribution in [0.3, 0.4) is 0 Å². The second-order valence-electron chi connectivity index (χ2n) is 5.40. The van der Waals surface area contributed by atoms with Gasteiger partial charge in [-0.15, -0.1) is 0 Å². The summed E-state index contributed by atoms with van der Waals surface area (Å²) in [7, 11) is 3.69. The summed E-state index contributed by atoms with van der Waals surface area (Å²) in [5, 5.41) is 12.4. The molecule has 0 heterocycles. The Labute approximate surface area is 116 Å². The maximum absolute atomic E-state index is 9.28. The molecule has 2 N–H and O–H groups in total. The van der Waals surface area contributed by atoms with E-state index >= 15 is 0 Å². The van der Waals surface area contributed by atoms with Gasteiger partial charge < -0.3 is 15.2 Å². The second kappa shape index (κ2) is 7.04. The van der Waals surface area contributed by atoms with E-state index in [1.165, 1.54) is 31.2 Å². The zero-order chi connectivity index (χ0) is 13.7. The third-order valence-corrected chi connectivity index (χ3v) is 4.35. The van der Waals surface area contributed by atoms with E-state index in [0.717, 1.165) is 5.56 Å². The largest absolute Gasteiger partial charge is 0.394 e. The van der Waals surface area contributed by atoms with Crippen molar-refractivity contribution in [2.24, 2.45) is 0 Å². The first kappa shape index (κ1) is 14.5. The van der Waals surface area contributed by atoms with E-state index in [9.17, 15) is 5.11 Å². The predicted molar refractivity (Wildman–Crippen MR) is 77.3 cm³/mol. The summed E-state index contributed by atoms with van der Waals surface area (Å²) >= 11 is 0. The van der Waals surface area contributed by atoms with E-state index in [0.29, 0.717) is 12.0 Å². The van der Waals surface area contributed by atoms with E-state index in [-0.39, 0.29) is 12.6 Å². The van der Waals surface area contributed by atoms with Crippen molar-refractivity contribution in [1.29, 1.82) is 0 Å². The normalized spacial score (nSPS) is 25.2. The van der Waals surface area contributed by atoms with E-state index in [4.69, 9.17) is 4.74 Å². The molecular formula is C16H25NO2. The molecule has 3 heteroatoms. The highest BCUT2D eigenvalue weighted by molar-refractivity contribution is 5.27. The fourth-order valence-electron chi connectivity index (χ4n) is 3.00. The van der Waals surface area contributed by atoms with Gasteiger partial charge >= 0.3 is 0 Å². The van der Waals surface area contributed by atoms with Gasteiger partial charge in [0, 0.05) is 7.11 Å². The quantitative estimate of drug-likeness (QED) is 0.858. The van der Waals surface area contributed by atoms with Gasteiger partial charge in [-0.05, 0) is 49.8 Å². The number of aliphatic hydroxyl groups excluding tert-OH is 1. The van der Waals surface area contributed by atoms with Crippen molar-refractivity contribution in [3.05, 3.63) is 35.4 Å². The molecule has 0 amide bonds. The molecule has 0 aromatic heterocycles. The molecule has 1 saturated carbocycles. The Kier molecular flexibility index (Phi) is 5.37. The van der Waals surface area contributed by atoms with Gasteiger partial charge in [-0.1, -0.05) is 24.3 Å². The van der Waals surface area contributed by atoms with Crippen molar-refractivity contribution in [3.63, 3.8) is 0 Å². The van der Waals surface area contributed by atoms with E-state index in [1.807, 2.05) is 14.2 Å². The molecule has 19 heavy (non-hydrogen) atoms. The van der Waals surface area contributed by atoms with Gasteiger partial charge in [-0.25, -0.2) is 0 Å². The Bertz CT molecular complexity index is 365. The number of hydrogen-bond donors (Lipinski definition) is 2. The van der Waals surface area contributed by atoms with Crippen LogP contribution in [0.5, 0.6) is 0 Å². The van der Waals surface area contributed by atoms with E-state index in [1.54, 1.807) is 0 Å². The van der Waals surface area contributed by atoms with Crippen LogP contribution in [0, 0.1) is 0 Å². The van der Waals surface area contributed by atoms with Crippen molar-refractivity contribution in [2.45, 2.75) is 43.7 Å². The molecule has 106 valence electrons. The minimum atomic E-state index is 0.0401. The fraction of sp³-hybridized carbons (Fsp3) is 0.625. The third kappa shape index (κ3) is 3.56. The van der Waals surface area contributed by atoms with Gasteiger partial charge in [0.05, 0.1) is 18.8 Å². The summed E-state index contributed by atoms with van der Waals surface area (Å²) in [5.41, 5.74) is 2.57. The maximum Gasteiger partial charge on any atom is 0.0626 e. The number of aliphatic hydroxyl groups is 1. The molecule has 1 aliphatic carbocycles. The SMILES string of the molecule is CNC(CO)c1ccc(C2CCC(OC)CC2)cc1. The highest BCUT2D eigenvalue weighted by atomic mass is 16.5. The number of ether oxygens (including phenoxy) is 1. The number of benzene rings is 1. The summed E-state index contributed by atoms with van der Waals surface area (Å²) in [6, 6.07) is 8.74. The highest BCUT2D eigenvalue weighted by Crippen LogP contribution is 2.34. The zero-order valence-electron chi connectivity index (χ0n) is 11.9. The Morgan fingerprint density at radius 3 is 2.32 bits per heavy atom. The van der Waals surface area contributed by atoms with Gasteiger partial charge in [0.1, 0.15) is 0 Å². The van der Waals surface area contributed by atoms with Crippen LogP contribution in [-0.4, -0.2) is 32.0 Å². The standard InChI is InChI=1S/C16H25NO2/c1-17-16(11-18)14-5-3-12(4-6-14)13-7-9-15(19-2)10-8-13/h3-6,13,15-18H,7-11H2,1-2H3.